The Labute approximate surface area is 39.8 Å². The molecule has 0 fully saturated rings. The van der Waals surface area contributed by atoms with Crippen LogP contribution in [0.3, 0.4) is 0 Å². The van der Waals surface area contributed by atoms with Crippen molar-refractivity contribution in [2.24, 2.45) is 0 Å². The summed E-state index contributed by atoms with van der Waals surface area (Å²) >= 11 is -0.153. The van der Waals surface area contributed by atoms with Crippen LogP contribution < -0.4 is 0 Å². The van der Waals surface area contributed by atoms with Crippen LogP contribution in [0.2, 0.25) is 0 Å². The first-order valence-corrected chi connectivity index (χ1v) is 4.75. The SMILES string of the molecule is C=C[I]Cl. The molecule has 4 heavy (non-hydrogen) atoms. The van der Waals surface area contributed by atoms with Gasteiger partial charge in [-0.1, -0.05) is 6.58 Å². The quantitative estimate of drug-likeness (QED) is 0.555. The van der Waals surface area contributed by atoms with Gasteiger partial charge in [0.15, 0.2) is 0 Å². The summed E-state index contributed by atoms with van der Waals surface area (Å²) in [6, 6.07) is 0. The van der Waals surface area contributed by atoms with Crippen LogP contribution in [0.1, 0.15) is 0 Å². The molecule has 0 heterocycles. The molecule has 1 radical (unpaired) electrons. The molecule has 0 saturated carbocycles. The maximum Gasteiger partial charge on any atom is -0.0104 e. The summed E-state index contributed by atoms with van der Waals surface area (Å²) in [5.74, 6) is 0. The Morgan fingerprint density at radius 2 is 2.25 bits per heavy atom. The van der Waals surface area contributed by atoms with E-state index in [2.05, 4.69) is 6.58 Å². The van der Waals surface area contributed by atoms with Crippen molar-refractivity contribution in [3.63, 3.8) is 0 Å². The minimum Gasteiger partial charge on any atom is -0.0926 e. The minimum atomic E-state index is -0.153. The van der Waals surface area contributed by atoms with Gasteiger partial charge in [0.05, 0.1) is 0 Å². The second-order valence-corrected chi connectivity index (χ2v) is 2.69. The van der Waals surface area contributed by atoms with Crippen LogP contribution >= 0.6 is 29.0 Å². The first kappa shape index (κ1) is 4.76. The van der Waals surface area contributed by atoms with Crippen LogP contribution in [0, 0.1) is 0 Å². The average Bonchev–Trinajstić information content (AvgIpc) is 1.37. The van der Waals surface area contributed by atoms with Gasteiger partial charge in [0, 0.05) is 0 Å². The fourth-order valence-corrected chi connectivity index (χ4v) is 0. The van der Waals surface area contributed by atoms with E-state index in [0.717, 1.165) is 0 Å². The first-order chi connectivity index (χ1) is 1.91. The lowest BCUT2D eigenvalue weighted by Gasteiger charge is -1.54. The second kappa shape index (κ2) is 3.76. The zero-order valence-corrected chi connectivity index (χ0v) is 4.95. The third kappa shape index (κ3) is 2.76. The highest BCUT2D eigenvalue weighted by atomic mass is 127. The molecule has 0 aliphatic rings. The number of hydrogen-bond donors (Lipinski definition) is 0. The molecule has 0 nitrogen and oxygen atoms in total. The van der Waals surface area contributed by atoms with Gasteiger partial charge in [0.25, 0.3) is 0 Å². The van der Waals surface area contributed by atoms with Crippen LogP contribution in [0.5, 0.6) is 0 Å². The fourth-order valence-electron chi connectivity index (χ4n) is 0. The smallest absolute Gasteiger partial charge is 0.0104 e. The minimum absolute atomic E-state index is 0.153. The van der Waals surface area contributed by atoms with E-state index in [1.165, 1.54) is 0 Å². The lowest BCUT2D eigenvalue weighted by Crippen LogP contribution is -1.02. The van der Waals surface area contributed by atoms with Gasteiger partial charge in [-0.2, -0.15) is 0 Å². The van der Waals surface area contributed by atoms with Gasteiger partial charge in [-0.05, 0) is 33.1 Å². The average molecular weight is 189 g/mol. The van der Waals surface area contributed by atoms with Crippen molar-refractivity contribution < 1.29 is 0 Å². The van der Waals surface area contributed by atoms with Crippen molar-refractivity contribution in [1.82, 2.24) is 0 Å². The Morgan fingerprint density at radius 3 is 2.25 bits per heavy atom. The van der Waals surface area contributed by atoms with Gasteiger partial charge >= 0.3 is 0 Å². The molecule has 0 bridgehead atoms. The molecule has 2 heteroatoms. The summed E-state index contributed by atoms with van der Waals surface area (Å²) in [5, 5.41) is 0. The molecule has 0 amide bonds. The highest BCUT2D eigenvalue weighted by Crippen LogP contribution is 2.15. The van der Waals surface area contributed by atoms with Crippen molar-refractivity contribution in [2.45, 2.75) is 0 Å². The Bertz CT molecular complexity index is 20.0. The Morgan fingerprint density at radius 1 is 2.00 bits per heavy atom. The fraction of sp³-hybridized carbons (Fsp3) is 0. The molecular weight excluding hydrogens is 186 g/mol. The van der Waals surface area contributed by atoms with Crippen molar-refractivity contribution in [3.05, 3.63) is 10.7 Å². The molecule has 0 unspecified atom stereocenters. The van der Waals surface area contributed by atoms with E-state index in [9.17, 15) is 0 Å². The predicted octanol–water partition coefficient (Wildman–Crippen LogP) is 2.25. The highest BCUT2D eigenvalue weighted by Gasteiger charge is 1.48. The van der Waals surface area contributed by atoms with Crippen molar-refractivity contribution >= 4 is 29.0 Å². The topological polar surface area (TPSA) is 0 Å². The second-order valence-electron chi connectivity index (χ2n) is 0.237. The van der Waals surface area contributed by atoms with Crippen LogP contribution in [0.25, 0.3) is 0 Å². The molecule has 0 aromatic heterocycles. The monoisotopic (exact) mass is 189 g/mol. The zero-order valence-electron chi connectivity index (χ0n) is 2.04. The summed E-state index contributed by atoms with van der Waals surface area (Å²) < 4.78 is 1.75. The van der Waals surface area contributed by atoms with Gasteiger partial charge < -0.3 is 0 Å². The van der Waals surface area contributed by atoms with Crippen LogP contribution in [-0.4, -0.2) is 0 Å². The summed E-state index contributed by atoms with van der Waals surface area (Å²) in [7, 11) is 5.18. The van der Waals surface area contributed by atoms with Gasteiger partial charge in [0.2, 0.25) is 0 Å². The molecule has 25 valence electrons. The van der Waals surface area contributed by atoms with Crippen molar-refractivity contribution in [3.8, 4) is 0 Å². The molecule has 0 aromatic carbocycles. The maximum absolute atomic E-state index is 5.18. The number of rotatable bonds is 1. The van der Waals surface area contributed by atoms with E-state index in [1.807, 2.05) is 0 Å². The highest BCUT2D eigenvalue weighted by molar-refractivity contribution is 14.2. The zero-order chi connectivity index (χ0) is 3.41. The maximum atomic E-state index is 5.18. The summed E-state index contributed by atoms with van der Waals surface area (Å²) in [5.41, 5.74) is 0. The number of halogens is 2. The Hall–Kier alpha value is 0.760. The van der Waals surface area contributed by atoms with Gasteiger partial charge in [-0.15, -0.1) is 0 Å². The van der Waals surface area contributed by atoms with E-state index in [0.29, 0.717) is 0 Å². The van der Waals surface area contributed by atoms with E-state index in [4.69, 9.17) is 8.91 Å². The molecule has 0 atom stereocenters. The van der Waals surface area contributed by atoms with E-state index in [-0.39, 0.29) is 20.1 Å². The standard InChI is InChI=1S/C2H3ClI/c1-2-4-3/h2H,1H2. The van der Waals surface area contributed by atoms with Crippen LogP contribution in [-0.2, 0) is 0 Å². The third-order valence-corrected chi connectivity index (χ3v) is 1.17. The van der Waals surface area contributed by atoms with Crippen molar-refractivity contribution in [2.75, 3.05) is 0 Å². The third-order valence-electron chi connectivity index (χ3n) is 0.0583. The Kier molecular flexibility index (Phi) is 4.47. The Balaban J connectivity index is 2.30. The molecule has 0 aromatic rings. The van der Waals surface area contributed by atoms with Gasteiger partial charge in [0.1, 0.15) is 0 Å². The van der Waals surface area contributed by atoms with Crippen LogP contribution in [0.15, 0.2) is 10.7 Å². The molecular formula is C2H3ClI. The lowest BCUT2D eigenvalue weighted by atomic mass is 11.3. The van der Waals surface area contributed by atoms with E-state index < -0.39 is 0 Å². The van der Waals surface area contributed by atoms with Gasteiger partial charge in [-0.25, -0.2) is 0 Å². The summed E-state index contributed by atoms with van der Waals surface area (Å²) in [6.07, 6.45) is 0. The molecule has 0 spiro atoms. The van der Waals surface area contributed by atoms with E-state index >= 15 is 0 Å². The summed E-state index contributed by atoms with van der Waals surface area (Å²) in [6.45, 7) is 3.40. The molecule has 0 aliphatic heterocycles. The molecule has 0 N–H and O–H groups in total. The van der Waals surface area contributed by atoms with Crippen molar-refractivity contribution in [1.29, 1.82) is 0 Å². The summed E-state index contributed by atoms with van der Waals surface area (Å²) in [4.78, 5) is 0. The molecule has 0 rings (SSSR count). The normalized spacial score (nSPS) is 6.25. The largest absolute Gasteiger partial charge is 0.0926 e. The first-order valence-electron chi connectivity index (χ1n) is 0.769. The lowest BCUT2D eigenvalue weighted by molar-refractivity contribution is 2.76. The van der Waals surface area contributed by atoms with E-state index in [1.54, 1.807) is 4.08 Å². The molecule has 0 aliphatic carbocycles. The van der Waals surface area contributed by atoms with Gasteiger partial charge in [-0.3, -0.25) is 0 Å². The van der Waals surface area contributed by atoms with Crippen LogP contribution in [0.4, 0.5) is 0 Å². The molecule has 0 saturated heterocycles. The predicted molar refractivity (Wildman–Crippen MR) is 30.1 cm³/mol. The number of hydrogen-bond acceptors (Lipinski definition) is 0.